The number of carbonyl (C=O) groups excluding carboxylic acids is 8. The van der Waals surface area contributed by atoms with Gasteiger partial charge < -0.3 is 120 Å². The minimum absolute atomic E-state index is 0. The molecule has 8 N–H and O–H groups in total. The molecule has 0 aromatic heterocycles. The average Bonchev–Trinajstić information content (AvgIpc) is 0.893. The summed E-state index contributed by atoms with van der Waals surface area (Å²) in [6.45, 7) is 7.78. The van der Waals surface area contributed by atoms with E-state index in [0.717, 1.165) is 112 Å². The maximum atomic E-state index is 12.6. The van der Waals surface area contributed by atoms with Crippen molar-refractivity contribution in [3.63, 3.8) is 0 Å². The topological polar surface area (TPSA) is 483 Å². The SMILES string of the molecule is CC(=O)[O-].CC(=O)[O-].CC(=O)[O-].CC(=O)[O-].CC(=O)[O-].CC(=O)[O-].CC(=O)[O-].CC(=O)[O-].CO.CO.CO.CO.CO.CO.CO.CO.Fc1c(F)c(I)c(F)c(F)c1I.Fc1c(F)c(I)c(F)c(F)c1I.Fc1c(F)c(I)c(F)c(F)c1I.Fc1c(F)c(I)c(F)c(F)c1I.[Cu+2].[Cu+2].[Cu+2].[Cu+2]. The number of hydrogen-bond donors (Lipinski definition) is 8. The van der Waals surface area contributed by atoms with Crippen LogP contribution < -0.4 is 40.9 Å². The Labute approximate surface area is 712 Å². The van der Waals surface area contributed by atoms with E-state index in [-0.39, 0.29) is 68.3 Å². The van der Waals surface area contributed by atoms with E-state index >= 15 is 0 Å². The summed E-state index contributed by atoms with van der Waals surface area (Å²) in [5.41, 5.74) is 0. The third-order valence-corrected chi connectivity index (χ3v) is 12.2. The first kappa shape index (κ1) is 152. The summed E-state index contributed by atoms with van der Waals surface area (Å²) in [6.07, 6.45) is 0. The van der Waals surface area contributed by atoms with E-state index in [2.05, 4.69) is 0 Å². The predicted molar refractivity (Wildman–Crippen MR) is 357 cm³/mol. The first-order valence-corrected chi connectivity index (χ1v) is 30.0. The van der Waals surface area contributed by atoms with Crippen LogP contribution in [0.4, 0.5) is 70.2 Å². The van der Waals surface area contributed by atoms with Gasteiger partial charge in [0.25, 0.3) is 0 Å². The Morgan fingerprint density at radius 3 is 0.220 bits per heavy atom. The van der Waals surface area contributed by atoms with Crippen molar-refractivity contribution in [3.8, 4) is 0 Å². The molecule has 100 heavy (non-hydrogen) atoms. The van der Waals surface area contributed by atoms with Gasteiger partial charge in [-0.15, -0.1) is 0 Å². The molecule has 0 unspecified atom stereocenters. The molecule has 0 fully saturated rings. The molecule has 0 saturated carbocycles. The van der Waals surface area contributed by atoms with Crippen LogP contribution in [0.3, 0.4) is 0 Å². The van der Waals surface area contributed by atoms with Gasteiger partial charge >= 0.3 is 68.3 Å². The normalized spacial score (nSPS) is 7.52. The summed E-state index contributed by atoms with van der Waals surface area (Å²) in [5.74, 6) is -30.2. The Balaban J connectivity index is -0.0000000390. The molecule has 0 bridgehead atoms. The van der Waals surface area contributed by atoms with Crippen LogP contribution in [0.2, 0.25) is 0 Å². The number of aliphatic hydroxyl groups is 8. The average molecular weight is 2590 g/mol. The number of hydrogen-bond acceptors (Lipinski definition) is 24. The number of carbonyl (C=O) groups is 8. The fourth-order valence-electron chi connectivity index (χ4n) is 2.31. The van der Waals surface area contributed by atoms with Crippen LogP contribution in [0.5, 0.6) is 0 Å². The fourth-order valence-corrected chi connectivity index (χ4v) is 6.10. The van der Waals surface area contributed by atoms with Crippen LogP contribution in [-0.2, 0) is 107 Å². The Morgan fingerprint density at radius 1 is 0.180 bits per heavy atom. The predicted octanol–water partition coefficient (Wildman–Crippen LogP) is 0.716. The van der Waals surface area contributed by atoms with Gasteiger partial charge in [-0.3, -0.25) is 0 Å². The Morgan fingerprint density at radius 2 is 0.200 bits per heavy atom. The van der Waals surface area contributed by atoms with Gasteiger partial charge in [-0.05, 0) is 236 Å². The minimum atomic E-state index is -1.35. The van der Waals surface area contributed by atoms with Gasteiger partial charge in [0.2, 0.25) is 0 Å². The van der Waals surface area contributed by atoms with Crippen LogP contribution in [0.15, 0.2) is 0 Å². The zero-order valence-electron chi connectivity index (χ0n) is 52.4. The van der Waals surface area contributed by atoms with Crippen molar-refractivity contribution in [2.75, 3.05) is 56.9 Å². The number of rotatable bonds is 0. The second-order valence-corrected chi connectivity index (χ2v) is 20.1. The first-order valence-electron chi connectivity index (χ1n) is 21.4. The van der Waals surface area contributed by atoms with Crippen LogP contribution in [0.25, 0.3) is 0 Å². The number of carboxylic acids is 8. The Hall–Kier alpha value is -0.882. The maximum Gasteiger partial charge on any atom is 2.00 e. The van der Waals surface area contributed by atoms with Crippen molar-refractivity contribution in [3.05, 3.63) is 122 Å². The molecule has 24 nitrogen and oxygen atoms in total. The van der Waals surface area contributed by atoms with Gasteiger partial charge in [0.1, 0.15) is 0 Å². The van der Waals surface area contributed by atoms with E-state index in [1.807, 2.05) is 0 Å². The van der Waals surface area contributed by atoms with Crippen LogP contribution in [0, 0.1) is 122 Å². The van der Waals surface area contributed by atoms with Crippen LogP contribution >= 0.6 is 181 Å². The van der Waals surface area contributed by atoms with E-state index in [0.29, 0.717) is 0 Å². The number of carboxylic acid groups (broad SMARTS) is 8. The van der Waals surface area contributed by atoms with Gasteiger partial charge in [0.05, 0.1) is 28.6 Å². The molecular formula is C48H56Cu4F16I8O24. The molecule has 604 valence electrons. The molecule has 0 atom stereocenters. The summed E-state index contributed by atoms with van der Waals surface area (Å²) in [5, 5.41) is 127. The third kappa shape index (κ3) is 99.2. The molecule has 0 heterocycles. The summed E-state index contributed by atoms with van der Waals surface area (Å²) in [7, 11) is 8.00. The van der Waals surface area contributed by atoms with Crippen LogP contribution in [-0.4, -0.2) is 145 Å². The van der Waals surface area contributed by atoms with Gasteiger partial charge in [-0.2, -0.15) is 0 Å². The molecule has 0 aliphatic heterocycles. The fraction of sp³-hybridized carbons (Fsp3) is 0.333. The van der Waals surface area contributed by atoms with Crippen molar-refractivity contribution >= 4 is 228 Å². The monoisotopic (exact) mass is 2590 g/mol. The van der Waals surface area contributed by atoms with E-state index in [4.69, 9.17) is 120 Å². The zero-order chi connectivity index (χ0) is 82.5. The van der Waals surface area contributed by atoms with Crippen molar-refractivity contribution in [1.82, 2.24) is 0 Å². The molecule has 52 heteroatoms. The zero-order valence-corrected chi connectivity index (χ0v) is 73.4. The third-order valence-electron chi connectivity index (χ3n) is 4.62. The summed E-state index contributed by atoms with van der Waals surface area (Å²) >= 11 is 9.63. The second-order valence-electron chi connectivity index (χ2n) is 11.5. The van der Waals surface area contributed by atoms with E-state index in [1.165, 1.54) is 181 Å². The quantitative estimate of drug-likeness (QED) is 0.0395. The largest absolute Gasteiger partial charge is 2.00 e. The smallest absolute Gasteiger partial charge is 0.550 e. The Kier molecular flexibility index (Phi) is 156. The Bertz CT molecular complexity index is 1950. The standard InChI is InChI=1S/4C6F4I2.8C2H4O2.8CH4O.4Cu/c4*7-1-2(8)6(12)4(10)3(9)5(1)11;8*1-2(3)4;8*1-2;;;;/h;;;;8*1H3,(H,3,4);8*2H,1H3;;;;/q;;;;;;;;;;;;;;;;;;;;4*+2/p-8. The van der Waals surface area contributed by atoms with Gasteiger partial charge in [-0.1, -0.05) is 0 Å². The molecule has 4 aromatic rings. The number of aliphatic carboxylic acids is 8. The maximum absolute atomic E-state index is 12.6. The molecule has 4 radical (unpaired) electrons. The molecular weight excluding hydrogens is 2530 g/mol. The molecule has 4 aromatic carbocycles. The van der Waals surface area contributed by atoms with Crippen molar-refractivity contribution < 1.29 is 259 Å². The summed E-state index contributed by atoms with van der Waals surface area (Å²) in [6, 6.07) is 0. The molecule has 0 aliphatic rings. The van der Waals surface area contributed by atoms with E-state index < -0.39 is 169 Å². The summed E-state index contributed by atoms with van der Waals surface area (Å²) in [4.78, 5) is 71.1. The van der Waals surface area contributed by atoms with E-state index in [9.17, 15) is 70.2 Å². The molecule has 0 amide bonds. The second kappa shape index (κ2) is 102. The van der Waals surface area contributed by atoms with E-state index in [1.54, 1.807) is 0 Å². The van der Waals surface area contributed by atoms with Crippen molar-refractivity contribution in [2.45, 2.75) is 55.4 Å². The van der Waals surface area contributed by atoms with Gasteiger partial charge in [-0.25, -0.2) is 70.2 Å². The number of benzene rings is 4. The van der Waals surface area contributed by atoms with Gasteiger partial charge in [0.15, 0.2) is 93.1 Å². The van der Waals surface area contributed by atoms with Crippen molar-refractivity contribution in [2.24, 2.45) is 0 Å². The van der Waals surface area contributed by atoms with Crippen LogP contribution in [0.1, 0.15) is 55.4 Å². The molecule has 0 aliphatic carbocycles. The first-order chi connectivity index (χ1) is 43.7. The molecule has 4 rings (SSSR count). The molecule has 0 saturated heterocycles. The minimum Gasteiger partial charge on any atom is -0.550 e. The van der Waals surface area contributed by atoms with Gasteiger partial charge in [0, 0.05) is 105 Å². The molecule has 0 spiro atoms. The number of aliphatic hydroxyl groups excluding tert-OH is 8. The van der Waals surface area contributed by atoms with Crippen molar-refractivity contribution in [1.29, 1.82) is 0 Å². The summed E-state index contributed by atoms with van der Waals surface area (Å²) < 4.78 is 197. The number of halogens is 24.